The van der Waals surface area contributed by atoms with E-state index in [0.29, 0.717) is 11.8 Å². The fourth-order valence-corrected chi connectivity index (χ4v) is 3.48. The minimum atomic E-state index is -0.811. The first-order chi connectivity index (χ1) is 9.08. The van der Waals surface area contributed by atoms with Gasteiger partial charge >= 0.3 is 5.97 Å². The summed E-state index contributed by atoms with van der Waals surface area (Å²) in [7, 11) is 0. The van der Waals surface area contributed by atoms with E-state index in [9.17, 15) is 14.7 Å². The van der Waals surface area contributed by atoms with Crippen LogP contribution >= 0.6 is 0 Å². The van der Waals surface area contributed by atoms with Gasteiger partial charge < -0.3 is 10.4 Å². The van der Waals surface area contributed by atoms with Crippen molar-refractivity contribution in [3.8, 4) is 0 Å². The molecule has 0 saturated heterocycles. The molecule has 0 heterocycles. The van der Waals surface area contributed by atoms with Crippen molar-refractivity contribution in [2.75, 3.05) is 6.54 Å². The van der Waals surface area contributed by atoms with Crippen LogP contribution in [0.1, 0.15) is 58.3 Å². The molecule has 2 aliphatic carbocycles. The van der Waals surface area contributed by atoms with Crippen molar-refractivity contribution >= 4 is 11.9 Å². The van der Waals surface area contributed by atoms with Gasteiger partial charge in [0, 0.05) is 6.54 Å². The first kappa shape index (κ1) is 14.4. The molecule has 0 aliphatic heterocycles. The fourth-order valence-electron chi connectivity index (χ4n) is 3.48. The summed E-state index contributed by atoms with van der Waals surface area (Å²) in [5.74, 6) is -1.64. The maximum Gasteiger partial charge on any atom is 0.307 e. The Morgan fingerprint density at radius 3 is 2.26 bits per heavy atom. The van der Waals surface area contributed by atoms with E-state index < -0.39 is 11.9 Å². The van der Waals surface area contributed by atoms with Crippen LogP contribution in [-0.4, -0.2) is 23.5 Å². The standard InChI is InChI=1S/C15H25NO3/c1-2-15(8-5-9-15)10-16-13(17)11-6-3-4-7-12(11)14(18)19/h11-12H,2-10H2,1H3,(H,16,17)(H,18,19)/t11-,12+/m1/s1. The quantitative estimate of drug-likeness (QED) is 0.804. The van der Waals surface area contributed by atoms with Crippen LogP contribution in [0.4, 0.5) is 0 Å². The Balaban J connectivity index is 1.89. The van der Waals surface area contributed by atoms with Gasteiger partial charge in [-0.15, -0.1) is 0 Å². The molecule has 2 rings (SSSR count). The average molecular weight is 267 g/mol. The summed E-state index contributed by atoms with van der Waals surface area (Å²) in [6, 6.07) is 0. The number of aliphatic carboxylic acids is 1. The molecule has 0 spiro atoms. The molecule has 19 heavy (non-hydrogen) atoms. The zero-order valence-corrected chi connectivity index (χ0v) is 11.8. The van der Waals surface area contributed by atoms with Crippen LogP contribution in [0.25, 0.3) is 0 Å². The summed E-state index contributed by atoms with van der Waals surface area (Å²) in [6.45, 7) is 2.90. The number of nitrogens with one attached hydrogen (secondary N) is 1. The Morgan fingerprint density at radius 2 is 1.79 bits per heavy atom. The van der Waals surface area contributed by atoms with Crippen molar-refractivity contribution in [1.82, 2.24) is 5.32 Å². The lowest BCUT2D eigenvalue weighted by molar-refractivity contribution is -0.149. The van der Waals surface area contributed by atoms with E-state index in [2.05, 4.69) is 12.2 Å². The molecule has 2 fully saturated rings. The molecule has 0 aromatic rings. The Morgan fingerprint density at radius 1 is 1.16 bits per heavy atom. The second-order valence-electron chi connectivity index (χ2n) is 6.26. The molecule has 0 radical (unpaired) electrons. The van der Waals surface area contributed by atoms with E-state index in [1.807, 2.05) is 0 Å². The van der Waals surface area contributed by atoms with Crippen LogP contribution in [0.15, 0.2) is 0 Å². The lowest BCUT2D eigenvalue weighted by atomic mass is 9.67. The summed E-state index contributed by atoms with van der Waals surface area (Å²) < 4.78 is 0. The van der Waals surface area contributed by atoms with Gasteiger partial charge in [-0.3, -0.25) is 9.59 Å². The number of carboxylic acids is 1. The van der Waals surface area contributed by atoms with Crippen LogP contribution in [0.3, 0.4) is 0 Å². The van der Waals surface area contributed by atoms with Crippen molar-refractivity contribution in [3.05, 3.63) is 0 Å². The Kier molecular flexibility index (Phi) is 4.48. The molecule has 2 atom stereocenters. The van der Waals surface area contributed by atoms with Crippen molar-refractivity contribution < 1.29 is 14.7 Å². The van der Waals surface area contributed by atoms with Crippen molar-refractivity contribution in [2.45, 2.75) is 58.3 Å². The third-order valence-electron chi connectivity index (χ3n) is 5.22. The second-order valence-corrected chi connectivity index (χ2v) is 6.26. The number of hydrogen-bond donors (Lipinski definition) is 2. The number of amides is 1. The Hall–Kier alpha value is -1.06. The van der Waals surface area contributed by atoms with Gasteiger partial charge in [0.2, 0.25) is 5.91 Å². The molecular formula is C15H25NO3. The van der Waals surface area contributed by atoms with Gasteiger partial charge in [0.1, 0.15) is 0 Å². The normalized spacial score (nSPS) is 29.3. The topological polar surface area (TPSA) is 66.4 Å². The summed E-state index contributed by atoms with van der Waals surface area (Å²) in [4.78, 5) is 23.5. The van der Waals surface area contributed by atoms with Gasteiger partial charge in [-0.2, -0.15) is 0 Å². The lowest BCUT2D eigenvalue weighted by Crippen LogP contribution is -2.46. The molecule has 0 aromatic carbocycles. The second kappa shape index (κ2) is 5.93. The van der Waals surface area contributed by atoms with Gasteiger partial charge in [0.25, 0.3) is 0 Å². The van der Waals surface area contributed by atoms with Gasteiger partial charge in [0.05, 0.1) is 11.8 Å². The van der Waals surface area contributed by atoms with Crippen LogP contribution in [0.5, 0.6) is 0 Å². The highest BCUT2D eigenvalue weighted by Crippen LogP contribution is 2.43. The van der Waals surface area contributed by atoms with Crippen LogP contribution < -0.4 is 5.32 Å². The monoisotopic (exact) mass is 267 g/mol. The molecule has 1 amide bonds. The molecule has 2 aliphatic rings. The van der Waals surface area contributed by atoms with E-state index in [1.54, 1.807) is 0 Å². The molecule has 2 saturated carbocycles. The number of rotatable bonds is 5. The summed E-state index contributed by atoms with van der Waals surface area (Å²) >= 11 is 0. The summed E-state index contributed by atoms with van der Waals surface area (Å²) in [5.41, 5.74) is 0.295. The number of carboxylic acid groups (broad SMARTS) is 1. The molecule has 108 valence electrons. The zero-order chi connectivity index (χ0) is 13.9. The maximum atomic E-state index is 12.2. The molecule has 4 heteroatoms. The Bertz CT molecular complexity index is 344. The van der Waals surface area contributed by atoms with Gasteiger partial charge in [-0.05, 0) is 37.5 Å². The summed E-state index contributed by atoms with van der Waals surface area (Å²) in [5, 5.41) is 12.2. The highest BCUT2D eigenvalue weighted by Gasteiger charge is 2.38. The van der Waals surface area contributed by atoms with Gasteiger partial charge in [-0.1, -0.05) is 26.2 Å². The predicted octanol–water partition coefficient (Wildman–Crippen LogP) is 2.57. The van der Waals surface area contributed by atoms with Crippen LogP contribution in [0, 0.1) is 17.3 Å². The third-order valence-corrected chi connectivity index (χ3v) is 5.22. The number of carbonyl (C=O) groups is 2. The average Bonchev–Trinajstić information content (AvgIpc) is 2.37. The SMILES string of the molecule is CCC1(CNC(=O)[C@@H]2CCCC[C@@H]2C(=O)O)CCC1. The molecule has 2 N–H and O–H groups in total. The predicted molar refractivity (Wildman–Crippen MR) is 72.7 cm³/mol. The number of carbonyl (C=O) groups excluding carboxylic acids is 1. The highest BCUT2D eigenvalue weighted by atomic mass is 16.4. The van der Waals surface area contributed by atoms with Crippen molar-refractivity contribution in [3.63, 3.8) is 0 Å². The van der Waals surface area contributed by atoms with Gasteiger partial charge in [-0.25, -0.2) is 0 Å². The van der Waals surface area contributed by atoms with Crippen LogP contribution in [-0.2, 0) is 9.59 Å². The molecule has 0 unspecified atom stereocenters. The maximum absolute atomic E-state index is 12.2. The number of hydrogen-bond acceptors (Lipinski definition) is 2. The Labute approximate surface area is 115 Å². The fraction of sp³-hybridized carbons (Fsp3) is 0.867. The lowest BCUT2D eigenvalue weighted by Gasteiger charge is -2.42. The minimum Gasteiger partial charge on any atom is -0.481 e. The summed E-state index contributed by atoms with van der Waals surface area (Å²) in [6.07, 6.45) is 8.01. The zero-order valence-electron chi connectivity index (χ0n) is 11.8. The van der Waals surface area contributed by atoms with E-state index >= 15 is 0 Å². The van der Waals surface area contributed by atoms with Crippen LogP contribution in [0.2, 0.25) is 0 Å². The van der Waals surface area contributed by atoms with E-state index in [0.717, 1.165) is 32.2 Å². The first-order valence-corrected chi connectivity index (χ1v) is 7.58. The van der Waals surface area contributed by atoms with E-state index in [-0.39, 0.29) is 11.8 Å². The largest absolute Gasteiger partial charge is 0.481 e. The molecular weight excluding hydrogens is 242 g/mol. The van der Waals surface area contributed by atoms with Gasteiger partial charge in [0.15, 0.2) is 0 Å². The van der Waals surface area contributed by atoms with E-state index in [1.165, 1.54) is 19.3 Å². The highest BCUT2D eigenvalue weighted by molar-refractivity contribution is 5.84. The smallest absolute Gasteiger partial charge is 0.307 e. The van der Waals surface area contributed by atoms with Crippen molar-refractivity contribution in [1.29, 1.82) is 0 Å². The third kappa shape index (κ3) is 3.10. The van der Waals surface area contributed by atoms with Crippen molar-refractivity contribution in [2.24, 2.45) is 17.3 Å². The minimum absolute atomic E-state index is 0.0353. The molecule has 0 bridgehead atoms. The molecule has 4 nitrogen and oxygen atoms in total. The van der Waals surface area contributed by atoms with E-state index in [4.69, 9.17) is 0 Å². The molecule has 0 aromatic heterocycles. The first-order valence-electron chi connectivity index (χ1n) is 7.58.